The van der Waals surface area contributed by atoms with Gasteiger partial charge in [-0.1, -0.05) is 19.1 Å². The first kappa shape index (κ1) is 13.0. The summed E-state index contributed by atoms with van der Waals surface area (Å²) in [4.78, 5) is 11.2. The number of carboxylic acid groups (broad SMARTS) is 1. The van der Waals surface area contributed by atoms with Crippen molar-refractivity contribution in [1.82, 2.24) is 4.57 Å². The fourth-order valence-corrected chi connectivity index (χ4v) is 2.72. The summed E-state index contributed by atoms with van der Waals surface area (Å²) in [5.41, 5.74) is 1.23. The van der Waals surface area contributed by atoms with Gasteiger partial charge in [-0.25, -0.2) is 4.79 Å². The quantitative estimate of drug-likeness (QED) is 0.811. The average Bonchev–Trinajstić information content (AvgIpc) is 2.77. The van der Waals surface area contributed by atoms with Crippen molar-refractivity contribution < 1.29 is 9.90 Å². The van der Waals surface area contributed by atoms with Crippen molar-refractivity contribution in [2.24, 2.45) is 0 Å². The molecule has 2 rings (SSSR count). The Hall–Kier alpha value is -1.42. The zero-order valence-corrected chi connectivity index (χ0v) is 11.2. The summed E-state index contributed by atoms with van der Waals surface area (Å²) in [5, 5.41) is 10.2. The number of carbonyl (C=O) groups is 1. The van der Waals surface area contributed by atoms with Crippen LogP contribution in [0, 0.1) is 0 Å². The standard InChI is InChI=1S/C14H17NO2S/c1-2-18-10-4-8-15-9-7-11-5-3-6-12(13(11)15)14(16)17/h3,5-7,9H,2,4,8,10H2,1H3,(H,16,17). The van der Waals surface area contributed by atoms with Crippen LogP contribution in [0.15, 0.2) is 30.5 Å². The lowest BCUT2D eigenvalue weighted by Gasteiger charge is -2.07. The highest BCUT2D eigenvalue weighted by Crippen LogP contribution is 2.21. The van der Waals surface area contributed by atoms with Gasteiger partial charge in [-0.15, -0.1) is 0 Å². The van der Waals surface area contributed by atoms with E-state index in [2.05, 4.69) is 11.5 Å². The van der Waals surface area contributed by atoms with E-state index in [1.54, 1.807) is 12.1 Å². The molecule has 0 radical (unpaired) electrons. The molecule has 0 amide bonds. The lowest BCUT2D eigenvalue weighted by molar-refractivity contribution is 0.0698. The van der Waals surface area contributed by atoms with Crippen LogP contribution in [-0.2, 0) is 6.54 Å². The van der Waals surface area contributed by atoms with Gasteiger partial charge in [0.15, 0.2) is 0 Å². The summed E-state index contributed by atoms with van der Waals surface area (Å²) >= 11 is 1.92. The van der Waals surface area contributed by atoms with E-state index in [0.29, 0.717) is 5.56 Å². The van der Waals surface area contributed by atoms with Crippen LogP contribution in [0.1, 0.15) is 23.7 Å². The van der Waals surface area contributed by atoms with Crippen molar-refractivity contribution in [2.75, 3.05) is 11.5 Å². The Kier molecular flexibility index (Phi) is 4.31. The normalized spacial score (nSPS) is 10.9. The molecule has 18 heavy (non-hydrogen) atoms. The van der Waals surface area contributed by atoms with Crippen molar-refractivity contribution in [3.63, 3.8) is 0 Å². The number of thioether (sulfide) groups is 1. The number of aromatic carboxylic acids is 1. The van der Waals surface area contributed by atoms with Gasteiger partial charge in [0.25, 0.3) is 0 Å². The van der Waals surface area contributed by atoms with E-state index in [4.69, 9.17) is 0 Å². The number of aromatic nitrogens is 1. The van der Waals surface area contributed by atoms with E-state index in [1.807, 2.05) is 30.1 Å². The largest absolute Gasteiger partial charge is 0.478 e. The molecule has 4 heteroatoms. The number of carboxylic acids is 1. The Bertz CT molecular complexity index is 548. The van der Waals surface area contributed by atoms with E-state index in [1.165, 1.54) is 0 Å². The van der Waals surface area contributed by atoms with Crippen LogP contribution >= 0.6 is 11.8 Å². The fraction of sp³-hybridized carbons (Fsp3) is 0.357. The highest BCUT2D eigenvalue weighted by atomic mass is 32.2. The van der Waals surface area contributed by atoms with Gasteiger partial charge in [0.1, 0.15) is 0 Å². The highest BCUT2D eigenvalue weighted by molar-refractivity contribution is 7.99. The smallest absolute Gasteiger partial charge is 0.337 e. The SMILES string of the molecule is CCSCCCn1ccc2cccc(C(=O)O)c21. The van der Waals surface area contributed by atoms with Crippen molar-refractivity contribution in [2.45, 2.75) is 19.9 Å². The molecule has 2 aromatic rings. The third-order valence-electron chi connectivity index (χ3n) is 2.91. The monoisotopic (exact) mass is 263 g/mol. The Balaban J connectivity index is 2.25. The van der Waals surface area contributed by atoms with E-state index in [9.17, 15) is 9.90 Å². The highest BCUT2D eigenvalue weighted by Gasteiger charge is 2.11. The first-order valence-electron chi connectivity index (χ1n) is 6.13. The minimum atomic E-state index is -0.858. The average molecular weight is 263 g/mol. The number of hydrogen-bond acceptors (Lipinski definition) is 2. The van der Waals surface area contributed by atoms with Crippen LogP contribution in [0.3, 0.4) is 0 Å². The van der Waals surface area contributed by atoms with Crippen LogP contribution in [0.25, 0.3) is 10.9 Å². The summed E-state index contributed by atoms with van der Waals surface area (Å²) in [6.07, 6.45) is 3.05. The molecule has 0 spiro atoms. The maximum Gasteiger partial charge on any atom is 0.337 e. The minimum absolute atomic E-state index is 0.389. The summed E-state index contributed by atoms with van der Waals surface area (Å²) in [7, 11) is 0. The van der Waals surface area contributed by atoms with Gasteiger partial charge in [-0.3, -0.25) is 0 Å². The zero-order valence-electron chi connectivity index (χ0n) is 10.4. The molecular weight excluding hydrogens is 246 g/mol. The molecule has 0 bridgehead atoms. The summed E-state index contributed by atoms with van der Waals surface area (Å²) < 4.78 is 2.05. The van der Waals surface area contributed by atoms with Crippen LogP contribution in [0.2, 0.25) is 0 Å². The number of benzene rings is 1. The van der Waals surface area contributed by atoms with Crippen molar-refractivity contribution in [3.05, 3.63) is 36.0 Å². The molecule has 0 saturated carbocycles. The van der Waals surface area contributed by atoms with Gasteiger partial charge in [0.2, 0.25) is 0 Å². The second-order valence-electron chi connectivity index (χ2n) is 4.11. The molecule has 3 nitrogen and oxygen atoms in total. The van der Waals surface area contributed by atoms with E-state index < -0.39 is 5.97 Å². The predicted molar refractivity (Wildman–Crippen MR) is 76.5 cm³/mol. The first-order chi connectivity index (χ1) is 8.74. The van der Waals surface area contributed by atoms with E-state index >= 15 is 0 Å². The molecular formula is C14H17NO2S. The molecule has 0 fully saturated rings. The number of hydrogen-bond donors (Lipinski definition) is 1. The predicted octanol–water partition coefficient (Wildman–Crippen LogP) is 3.48. The molecule has 96 valence electrons. The summed E-state index contributed by atoms with van der Waals surface area (Å²) in [6, 6.07) is 7.40. The third kappa shape index (κ3) is 2.70. The number of rotatable bonds is 6. The maximum absolute atomic E-state index is 11.2. The molecule has 1 heterocycles. The fourth-order valence-electron chi connectivity index (χ4n) is 2.10. The summed E-state index contributed by atoms with van der Waals surface area (Å²) in [6.45, 7) is 3.03. The Morgan fingerprint density at radius 2 is 2.22 bits per heavy atom. The molecule has 0 aliphatic carbocycles. The third-order valence-corrected chi connectivity index (χ3v) is 3.90. The van der Waals surface area contributed by atoms with Crippen LogP contribution in [0.4, 0.5) is 0 Å². The van der Waals surface area contributed by atoms with Crippen LogP contribution < -0.4 is 0 Å². The Morgan fingerprint density at radius 3 is 2.94 bits per heavy atom. The molecule has 0 saturated heterocycles. The molecule has 1 aromatic carbocycles. The van der Waals surface area contributed by atoms with Gasteiger partial charge in [-0.2, -0.15) is 11.8 Å². The Labute approximate surface area is 111 Å². The minimum Gasteiger partial charge on any atom is -0.478 e. The zero-order chi connectivity index (χ0) is 13.0. The molecule has 0 unspecified atom stereocenters. The number of nitrogens with zero attached hydrogens (tertiary/aromatic N) is 1. The van der Waals surface area contributed by atoms with Gasteiger partial charge in [-0.05, 0) is 30.1 Å². The second kappa shape index (κ2) is 5.96. The van der Waals surface area contributed by atoms with E-state index in [0.717, 1.165) is 35.4 Å². The Morgan fingerprint density at radius 1 is 1.39 bits per heavy atom. The lowest BCUT2D eigenvalue weighted by Crippen LogP contribution is -2.03. The van der Waals surface area contributed by atoms with Crippen molar-refractivity contribution in [1.29, 1.82) is 0 Å². The first-order valence-corrected chi connectivity index (χ1v) is 7.28. The molecule has 1 aromatic heterocycles. The van der Waals surface area contributed by atoms with Gasteiger partial charge in [0, 0.05) is 18.1 Å². The van der Waals surface area contributed by atoms with Crippen LogP contribution in [0.5, 0.6) is 0 Å². The molecule has 1 N–H and O–H groups in total. The van der Waals surface area contributed by atoms with E-state index in [-0.39, 0.29) is 0 Å². The van der Waals surface area contributed by atoms with Gasteiger partial charge < -0.3 is 9.67 Å². The maximum atomic E-state index is 11.2. The number of aryl methyl sites for hydroxylation is 1. The van der Waals surface area contributed by atoms with Crippen molar-refractivity contribution >= 4 is 28.6 Å². The lowest BCUT2D eigenvalue weighted by atomic mass is 10.1. The van der Waals surface area contributed by atoms with Gasteiger partial charge >= 0.3 is 5.97 Å². The van der Waals surface area contributed by atoms with Crippen molar-refractivity contribution in [3.8, 4) is 0 Å². The number of para-hydroxylation sites is 1. The summed E-state index contributed by atoms with van der Waals surface area (Å²) in [5.74, 6) is 1.39. The second-order valence-corrected chi connectivity index (χ2v) is 5.50. The molecule has 0 aliphatic heterocycles. The van der Waals surface area contributed by atoms with Crippen LogP contribution in [-0.4, -0.2) is 27.1 Å². The molecule has 0 atom stereocenters. The topological polar surface area (TPSA) is 42.2 Å². The number of fused-ring (bicyclic) bond motifs is 1. The van der Waals surface area contributed by atoms with Gasteiger partial charge in [0.05, 0.1) is 11.1 Å². The molecule has 0 aliphatic rings.